The highest BCUT2D eigenvalue weighted by Crippen LogP contribution is 2.19. The van der Waals surface area contributed by atoms with E-state index in [1.165, 1.54) is 0 Å². The first kappa shape index (κ1) is 5.05. The fourth-order valence-corrected chi connectivity index (χ4v) is 1.10. The molecule has 0 atom stereocenters. The molecule has 0 aliphatic carbocycles. The van der Waals surface area contributed by atoms with Gasteiger partial charge in [-0.25, -0.2) is 4.79 Å². The zero-order valence-corrected chi connectivity index (χ0v) is 4.94. The summed E-state index contributed by atoms with van der Waals surface area (Å²) in [7, 11) is 0. The molecule has 2 aliphatic heterocycles. The second-order valence-electron chi connectivity index (χ2n) is 2.53. The maximum Gasteiger partial charge on any atom is 0.407 e. The van der Waals surface area contributed by atoms with Crippen molar-refractivity contribution < 1.29 is 9.53 Å². The van der Waals surface area contributed by atoms with Gasteiger partial charge in [-0.1, -0.05) is 0 Å². The summed E-state index contributed by atoms with van der Waals surface area (Å²) in [5.41, 5.74) is -0.183. The molecular weight excluding hydrogens is 120 g/mol. The topological polar surface area (TPSA) is 50.4 Å². The van der Waals surface area contributed by atoms with Crippen molar-refractivity contribution in [3.63, 3.8) is 0 Å². The fourth-order valence-electron chi connectivity index (χ4n) is 1.10. The van der Waals surface area contributed by atoms with E-state index in [9.17, 15) is 4.79 Å². The Balaban J connectivity index is 2.07. The van der Waals surface area contributed by atoms with E-state index in [2.05, 4.69) is 10.6 Å². The van der Waals surface area contributed by atoms with E-state index in [1.807, 2.05) is 0 Å². The van der Waals surface area contributed by atoms with E-state index in [1.54, 1.807) is 0 Å². The molecule has 50 valence electrons. The normalized spacial score (nSPS) is 29.1. The summed E-state index contributed by atoms with van der Waals surface area (Å²) in [5, 5.41) is 5.66. The lowest BCUT2D eigenvalue weighted by atomic mass is 9.98. The van der Waals surface area contributed by atoms with Crippen LogP contribution in [0.4, 0.5) is 4.79 Å². The Labute approximate surface area is 52.6 Å². The van der Waals surface area contributed by atoms with Crippen LogP contribution < -0.4 is 10.6 Å². The third-order valence-electron chi connectivity index (χ3n) is 1.76. The lowest BCUT2D eigenvalue weighted by molar-refractivity contribution is 0.0142. The summed E-state index contributed by atoms with van der Waals surface area (Å²) in [6.07, 6.45) is -0.281. The Hall–Kier alpha value is -0.770. The van der Waals surface area contributed by atoms with Gasteiger partial charge in [-0.3, -0.25) is 0 Å². The Bertz CT molecular complexity index is 153. The van der Waals surface area contributed by atoms with Gasteiger partial charge < -0.3 is 15.4 Å². The molecule has 0 aromatic rings. The molecule has 2 aliphatic rings. The molecule has 9 heavy (non-hydrogen) atoms. The SMILES string of the molecule is O=C1NCC2(CNC2)O1. The summed E-state index contributed by atoms with van der Waals surface area (Å²) >= 11 is 0. The van der Waals surface area contributed by atoms with Gasteiger partial charge in [0, 0.05) is 13.1 Å². The molecule has 0 bridgehead atoms. The molecule has 1 spiro atoms. The molecule has 2 rings (SSSR count). The van der Waals surface area contributed by atoms with E-state index < -0.39 is 0 Å². The quantitative estimate of drug-likeness (QED) is 0.443. The first-order chi connectivity index (χ1) is 4.31. The second-order valence-corrected chi connectivity index (χ2v) is 2.53. The van der Waals surface area contributed by atoms with Crippen molar-refractivity contribution in [2.75, 3.05) is 19.6 Å². The van der Waals surface area contributed by atoms with Crippen LogP contribution in [0.15, 0.2) is 0 Å². The van der Waals surface area contributed by atoms with E-state index in [0.717, 1.165) is 13.1 Å². The van der Waals surface area contributed by atoms with E-state index in [-0.39, 0.29) is 11.7 Å². The molecule has 2 fully saturated rings. The fraction of sp³-hybridized carbons (Fsp3) is 0.800. The molecule has 1 amide bonds. The highest BCUT2D eigenvalue weighted by molar-refractivity contribution is 5.70. The van der Waals surface area contributed by atoms with Crippen LogP contribution in [0.1, 0.15) is 0 Å². The van der Waals surface area contributed by atoms with Crippen molar-refractivity contribution in [3.05, 3.63) is 0 Å². The minimum atomic E-state index is -0.281. The summed E-state index contributed by atoms with van der Waals surface area (Å²) in [4.78, 5) is 10.5. The first-order valence-electron chi connectivity index (χ1n) is 2.98. The van der Waals surface area contributed by atoms with Crippen molar-refractivity contribution in [2.24, 2.45) is 0 Å². The molecule has 2 heterocycles. The molecule has 0 aromatic carbocycles. The van der Waals surface area contributed by atoms with Gasteiger partial charge in [0.2, 0.25) is 0 Å². The van der Waals surface area contributed by atoms with Crippen molar-refractivity contribution in [3.8, 4) is 0 Å². The Morgan fingerprint density at radius 3 is 2.44 bits per heavy atom. The number of amides is 1. The molecule has 2 saturated heterocycles. The number of rotatable bonds is 0. The van der Waals surface area contributed by atoms with E-state index >= 15 is 0 Å². The first-order valence-corrected chi connectivity index (χ1v) is 2.98. The van der Waals surface area contributed by atoms with Gasteiger partial charge in [-0.2, -0.15) is 0 Å². The van der Waals surface area contributed by atoms with Crippen molar-refractivity contribution in [2.45, 2.75) is 5.60 Å². The maximum absolute atomic E-state index is 10.5. The molecular formula is C5H8N2O2. The van der Waals surface area contributed by atoms with Crippen LogP contribution in [-0.4, -0.2) is 31.3 Å². The summed E-state index contributed by atoms with van der Waals surface area (Å²) in [6.45, 7) is 2.26. The zero-order valence-electron chi connectivity index (χ0n) is 4.94. The predicted molar refractivity (Wildman–Crippen MR) is 30.1 cm³/mol. The van der Waals surface area contributed by atoms with Gasteiger partial charge in [-0.05, 0) is 0 Å². The molecule has 2 N–H and O–H groups in total. The number of carbonyl (C=O) groups excluding carboxylic acids is 1. The van der Waals surface area contributed by atoms with Crippen molar-refractivity contribution in [1.82, 2.24) is 10.6 Å². The molecule has 4 nitrogen and oxygen atoms in total. The van der Waals surface area contributed by atoms with E-state index in [4.69, 9.17) is 4.74 Å². The number of hydrogen-bond acceptors (Lipinski definition) is 3. The molecule has 0 saturated carbocycles. The minimum Gasteiger partial charge on any atom is -0.438 e. The van der Waals surface area contributed by atoms with Crippen LogP contribution in [0.5, 0.6) is 0 Å². The number of ether oxygens (including phenoxy) is 1. The largest absolute Gasteiger partial charge is 0.438 e. The summed E-state index contributed by atoms with van der Waals surface area (Å²) in [6, 6.07) is 0. The number of hydrogen-bond donors (Lipinski definition) is 2. The molecule has 4 heteroatoms. The van der Waals surface area contributed by atoms with Gasteiger partial charge in [0.1, 0.15) is 0 Å². The van der Waals surface area contributed by atoms with Crippen molar-refractivity contribution >= 4 is 6.09 Å². The van der Waals surface area contributed by atoms with Gasteiger partial charge in [0.15, 0.2) is 5.60 Å². The van der Waals surface area contributed by atoms with Crippen LogP contribution in [0.3, 0.4) is 0 Å². The standard InChI is InChI=1S/C5H8N2O2/c8-4-7-3-5(9-4)1-6-2-5/h6H,1-3H2,(H,7,8). The smallest absolute Gasteiger partial charge is 0.407 e. The molecule has 0 aromatic heterocycles. The van der Waals surface area contributed by atoms with Crippen LogP contribution in [-0.2, 0) is 4.74 Å². The molecule has 0 radical (unpaired) electrons. The van der Waals surface area contributed by atoms with Gasteiger partial charge in [-0.15, -0.1) is 0 Å². The molecule has 0 unspecified atom stereocenters. The van der Waals surface area contributed by atoms with Crippen LogP contribution in [0.25, 0.3) is 0 Å². The maximum atomic E-state index is 10.5. The van der Waals surface area contributed by atoms with Crippen molar-refractivity contribution in [1.29, 1.82) is 0 Å². The Kier molecular flexibility index (Phi) is 0.778. The third-order valence-corrected chi connectivity index (χ3v) is 1.76. The lowest BCUT2D eigenvalue weighted by Gasteiger charge is -2.35. The van der Waals surface area contributed by atoms with Crippen LogP contribution >= 0.6 is 0 Å². The Morgan fingerprint density at radius 1 is 1.44 bits per heavy atom. The third kappa shape index (κ3) is 0.595. The number of alkyl carbamates (subject to hydrolysis) is 1. The minimum absolute atomic E-state index is 0.183. The highest BCUT2D eigenvalue weighted by Gasteiger charge is 2.45. The van der Waals surface area contributed by atoms with Crippen LogP contribution in [0.2, 0.25) is 0 Å². The van der Waals surface area contributed by atoms with Crippen LogP contribution in [0, 0.1) is 0 Å². The summed E-state index contributed by atoms with van der Waals surface area (Å²) < 4.78 is 4.97. The predicted octanol–water partition coefficient (Wildman–Crippen LogP) is -0.932. The summed E-state index contributed by atoms with van der Waals surface area (Å²) in [5.74, 6) is 0. The average Bonchev–Trinajstić information content (AvgIpc) is 2.09. The zero-order chi connectivity index (χ0) is 6.32. The lowest BCUT2D eigenvalue weighted by Crippen LogP contribution is -2.61. The Morgan fingerprint density at radius 2 is 2.22 bits per heavy atom. The highest BCUT2D eigenvalue weighted by atomic mass is 16.6. The number of nitrogens with one attached hydrogen (secondary N) is 2. The van der Waals surface area contributed by atoms with E-state index in [0.29, 0.717) is 6.54 Å². The average molecular weight is 128 g/mol. The van der Waals surface area contributed by atoms with Gasteiger partial charge in [0.05, 0.1) is 6.54 Å². The van der Waals surface area contributed by atoms with Gasteiger partial charge >= 0.3 is 6.09 Å². The second kappa shape index (κ2) is 1.39. The monoisotopic (exact) mass is 128 g/mol. The van der Waals surface area contributed by atoms with Gasteiger partial charge in [0.25, 0.3) is 0 Å². The number of carbonyl (C=O) groups is 1.